The highest BCUT2D eigenvalue weighted by Crippen LogP contribution is 2.43. The molecule has 0 unspecified atom stereocenters. The second-order valence-corrected chi connectivity index (χ2v) is 8.12. The minimum absolute atomic E-state index is 0. The number of benzene rings is 1. The van der Waals surface area contributed by atoms with E-state index in [4.69, 9.17) is 4.74 Å². The van der Waals surface area contributed by atoms with E-state index in [2.05, 4.69) is 34.4 Å². The number of rotatable bonds is 5. The van der Waals surface area contributed by atoms with Gasteiger partial charge in [-0.25, -0.2) is 0 Å². The third kappa shape index (κ3) is 4.01. The molecule has 0 radical (unpaired) electrons. The van der Waals surface area contributed by atoms with Crippen molar-refractivity contribution in [3.8, 4) is 5.75 Å². The van der Waals surface area contributed by atoms with Crippen molar-refractivity contribution in [1.82, 2.24) is 20.0 Å². The molecule has 2 saturated heterocycles. The quantitative estimate of drug-likeness (QED) is 0.811. The molecule has 3 heterocycles. The van der Waals surface area contributed by atoms with Crippen LogP contribution in [-0.2, 0) is 18.3 Å². The molecule has 1 aromatic heterocycles. The van der Waals surface area contributed by atoms with Crippen LogP contribution in [0.4, 0.5) is 0 Å². The minimum atomic E-state index is 0. The molecule has 2 fully saturated rings. The molecule has 2 aliphatic heterocycles. The zero-order valence-corrected chi connectivity index (χ0v) is 18.5. The van der Waals surface area contributed by atoms with E-state index in [1.54, 1.807) is 7.11 Å². The molecule has 2 aromatic rings. The van der Waals surface area contributed by atoms with Gasteiger partial charge in [-0.05, 0) is 49.4 Å². The van der Waals surface area contributed by atoms with E-state index < -0.39 is 0 Å². The first-order valence-electron chi connectivity index (χ1n) is 10.1. The number of hydrogen-bond donors (Lipinski definition) is 1. The largest absolute Gasteiger partial charge is 0.497 e. The van der Waals surface area contributed by atoms with Crippen molar-refractivity contribution >= 4 is 18.3 Å². The Morgan fingerprint density at radius 3 is 2.59 bits per heavy atom. The third-order valence-corrected chi connectivity index (χ3v) is 6.59. The van der Waals surface area contributed by atoms with E-state index in [0.717, 1.165) is 43.2 Å². The number of aromatic nitrogens is 2. The Morgan fingerprint density at radius 2 is 1.97 bits per heavy atom. The van der Waals surface area contributed by atoms with Crippen LogP contribution in [0, 0.1) is 25.7 Å². The van der Waals surface area contributed by atoms with E-state index in [0.29, 0.717) is 18.3 Å². The monoisotopic (exact) mass is 418 g/mol. The highest BCUT2D eigenvalue weighted by atomic mass is 35.5. The fourth-order valence-corrected chi connectivity index (χ4v) is 4.96. The SMILES string of the molecule is COc1ccc([C@H]2[C@H]3CNC[C@H]3CN2C(=O)CCc2c(C)nn(C)c2C)cc1.Cl. The Hall–Kier alpha value is -2.05. The van der Waals surface area contributed by atoms with Gasteiger partial charge in [0.1, 0.15) is 5.75 Å². The Balaban J connectivity index is 0.00000240. The molecule has 29 heavy (non-hydrogen) atoms. The highest BCUT2D eigenvalue weighted by Gasteiger charge is 2.46. The summed E-state index contributed by atoms with van der Waals surface area (Å²) in [5, 5.41) is 7.99. The van der Waals surface area contributed by atoms with Crippen LogP contribution in [0.15, 0.2) is 24.3 Å². The van der Waals surface area contributed by atoms with E-state index in [9.17, 15) is 4.79 Å². The lowest BCUT2D eigenvalue weighted by Gasteiger charge is -2.28. The zero-order chi connectivity index (χ0) is 19.8. The van der Waals surface area contributed by atoms with Gasteiger partial charge in [-0.15, -0.1) is 12.4 Å². The first-order valence-corrected chi connectivity index (χ1v) is 10.1. The van der Waals surface area contributed by atoms with Gasteiger partial charge in [0.15, 0.2) is 0 Å². The minimum Gasteiger partial charge on any atom is -0.497 e. The van der Waals surface area contributed by atoms with Crippen LogP contribution < -0.4 is 10.1 Å². The summed E-state index contributed by atoms with van der Waals surface area (Å²) < 4.78 is 7.21. The molecule has 2 aliphatic rings. The molecule has 0 saturated carbocycles. The number of ether oxygens (including phenoxy) is 1. The summed E-state index contributed by atoms with van der Waals surface area (Å²) >= 11 is 0. The normalized spacial score (nSPS) is 23.0. The lowest BCUT2D eigenvalue weighted by molar-refractivity contribution is -0.132. The summed E-state index contributed by atoms with van der Waals surface area (Å²) in [5.74, 6) is 2.12. The van der Waals surface area contributed by atoms with Gasteiger partial charge in [0.05, 0.1) is 18.8 Å². The van der Waals surface area contributed by atoms with Crippen LogP contribution in [0.1, 0.15) is 35.0 Å². The molecular weight excluding hydrogens is 388 g/mol. The second-order valence-electron chi connectivity index (χ2n) is 8.12. The van der Waals surface area contributed by atoms with Crippen LogP contribution in [0.25, 0.3) is 0 Å². The van der Waals surface area contributed by atoms with Gasteiger partial charge in [0, 0.05) is 44.7 Å². The van der Waals surface area contributed by atoms with Gasteiger partial charge >= 0.3 is 0 Å². The number of nitrogens with zero attached hydrogens (tertiary/aromatic N) is 3. The van der Waals surface area contributed by atoms with E-state index in [1.165, 1.54) is 11.1 Å². The van der Waals surface area contributed by atoms with Crippen LogP contribution >= 0.6 is 12.4 Å². The Kier molecular flexibility index (Phi) is 6.54. The Morgan fingerprint density at radius 1 is 1.24 bits per heavy atom. The standard InChI is InChI=1S/C22H30N4O2.ClH/c1-14-19(15(2)25(3)24-14)9-10-21(27)26-13-17-11-23-12-20(17)22(26)16-5-7-18(28-4)8-6-16;/h5-8,17,20,22-23H,9-13H2,1-4H3;1H/t17-,20-,22-;/m0./s1. The van der Waals surface area contributed by atoms with Crippen molar-refractivity contribution in [2.45, 2.75) is 32.7 Å². The van der Waals surface area contributed by atoms with E-state index in [1.807, 2.05) is 30.8 Å². The first kappa shape index (κ1) is 21.7. The molecular formula is C22H31ClN4O2. The average molecular weight is 419 g/mol. The topological polar surface area (TPSA) is 59.4 Å². The Bertz CT molecular complexity index is 864. The number of carbonyl (C=O) groups is 1. The fourth-order valence-electron chi connectivity index (χ4n) is 4.96. The maximum Gasteiger partial charge on any atom is 0.223 e. The number of aryl methyl sites for hydroxylation is 2. The molecule has 1 aromatic carbocycles. The van der Waals surface area contributed by atoms with Crippen molar-refractivity contribution in [2.75, 3.05) is 26.7 Å². The molecule has 7 heteroatoms. The Labute approximate surface area is 179 Å². The molecule has 158 valence electrons. The number of fused-ring (bicyclic) bond motifs is 1. The number of halogens is 1. The number of hydrogen-bond acceptors (Lipinski definition) is 4. The van der Waals surface area contributed by atoms with Gasteiger partial charge in [-0.3, -0.25) is 9.48 Å². The first-order chi connectivity index (χ1) is 13.5. The second kappa shape index (κ2) is 8.76. The lowest BCUT2D eigenvalue weighted by atomic mass is 9.89. The van der Waals surface area contributed by atoms with Crippen LogP contribution in [-0.4, -0.2) is 47.3 Å². The smallest absolute Gasteiger partial charge is 0.223 e. The zero-order valence-electron chi connectivity index (χ0n) is 17.6. The van der Waals surface area contributed by atoms with Crippen molar-refractivity contribution in [2.24, 2.45) is 18.9 Å². The van der Waals surface area contributed by atoms with Crippen molar-refractivity contribution in [3.63, 3.8) is 0 Å². The molecule has 0 aliphatic carbocycles. The summed E-state index contributed by atoms with van der Waals surface area (Å²) in [6, 6.07) is 8.36. The van der Waals surface area contributed by atoms with Gasteiger partial charge in [-0.1, -0.05) is 12.1 Å². The van der Waals surface area contributed by atoms with Gasteiger partial charge in [-0.2, -0.15) is 5.10 Å². The van der Waals surface area contributed by atoms with Crippen LogP contribution in [0.5, 0.6) is 5.75 Å². The van der Waals surface area contributed by atoms with Crippen molar-refractivity contribution in [3.05, 3.63) is 46.8 Å². The van der Waals surface area contributed by atoms with E-state index >= 15 is 0 Å². The van der Waals surface area contributed by atoms with Crippen molar-refractivity contribution in [1.29, 1.82) is 0 Å². The predicted molar refractivity (Wildman–Crippen MR) is 116 cm³/mol. The lowest BCUT2D eigenvalue weighted by Crippen LogP contribution is -2.34. The molecule has 1 amide bonds. The summed E-state index contributed by atoms with van der Waals surface area (Å²) in [6.45, 7) is 6.93. The predicted octanol–water partition coefficient (Wildman–Crippen LogP) is 2.82. The summed E-state index contributed by atoms with van der Waals surface area (Å²) in [4.78, 5) is 15.4. The number of carbonyl (C=O) groups excluding carboxylic acids is 1. The average Bonchev–Trinajstić information content (AvgIpc) is 3.34. The fraction of sp³-hybridized carbons (Fsp3) is 0.545. The summed E-state index contributed by atoms with van der Waals surface area (Å²) in [7, 11) is 3.64. The third-order valence-electron chi connectivity index (χ3n) is 6.59. The molecule has 0 bridgehead atoms. The molecule has 6 nitrogen and oxygen atoms in total. The van der Waals surface area contributed by atoms with Gasteiger partial charge in [0.25, 0.3) is 0 Å². The van der Waals surface area contributed by atoms with Crippen LogP contribution in [0.2, 0.25) is 0 Å². The molecule has 4 rings (SSSR count). The van der Waals surface area contributed by atoms with Crippen molar-refractivity contribution < 1.29 is 9.53 Å². The summed E-state index contributed by atoms with van der Waals surface area (Å²) in [5.41, 5.74) is 4.60. The highest BCUT2D eigenvalue weighted by molar-refractivity contribution is 5.85. The number of methoxy groups -OCH3 is 1. The van der Waals surface area contributed by atoms with E-state index in [-0.39, 0.29) is 24.4 Å². The maximum atomic E-state index is 13.2. The molecule has 0 spiro atoms. The van der Waals surface area contributed by atoms with Gasteiger partial charge in [0.2, 0.25) is 5.91 Å². The molecule has 1 N–H and O–H groups in total. The number of nitrogens with one attached hydrogen (secondary N) is 1. The molecule has 3 atom stereocenters. The van der Waals surface area contributed by atoms with Crippen LogP contribution in [0.3, 0.4) is 0 Å². The van der Waals surface area contributed by atoms with Gasteiger partial charge < -0.3 is 15.0 Å². The number of amides is 1. The summed E-state index contributed by atoms with van der Waals surface area (Å²) in [6.07, 6.45) is 1.29. The maximum absolute atomic E-state index is 13.2. The number of likely N-dealkylation sites (tertiary alicyclic amines) is 1.